The molecule has 0 saturated heterocycles. The van der Waals surface area contributed by atoms with Crippen molar-refractivity contribution in [3.05, 3.63) is 59.5 Å². The van der Waals surface area contributed by atoms with Crippen molar-refractivity contribution in [1.82, 2.24) is 4.98 Å². The number of nitrogen functional groups attached to an aromatic ring is 1. The maximum atomic E-state index is 6.26. The first-order valence-corrected chi connectivity index (χ1v) is 6.11. The van der Waals surface area contributed by atoms with E-state index in [2.05, 4.69) is 4.98 Å². The fraction of sp³-hybridized carbons (Fsp3) is 0.133. The van der Waals surface area contributed by atoms with Crippen molar-refractivity contribution in [2.75, 3.05) is 5.73 Å². The van der Waals surface area contributed by atoms with Gasteiger partial charge in [-0.25, -0.2) is 4.98 Å². The van der Waals surface area contributed by atoms with Gasteiger partial charge < -0.3 is 15.9 Å². The number of hydrogen-bond donors (Lipinski definition) is 2. The molecule has 0 saturated carbocycles. The number of benzene rings is 2. The summed E-state index contributed by atoms with van der Waals surface area (Å²) in [7, 11) is 0. The van der Waals surface area contributed by atoms with E-state index in [1.54, 1.807) is 0 Å². The van der Waals surface area contributed by atoms with Crippen LogP contribution >= 0.6 is 0 Å². The molecular weight excluding hydrogens is 238 g/mol. The zero-order chi connectivity index (χ0) is 13.4. The molecule has 0 radical (unpaired) electrons. The van der Waals surface area contributed by atoms with Gasteiger partial charge in [0.25, 0.3) is 0 Å². The first-order chi connectivity index (χ1) is 9.13. The van der Waals surface area contributed by atoms with Crippen LogP contribution in [0.1, 0.15) is 23.1 Å². The smallest absolute Gasteiger partial charge is 0.192 e. The molecule has 4 heteroatoms. The van der Waals surface area contributed by atoms with Crippen molar-refractivity contribution in [3.8, 4) is 0 Å². The molecule has 0 aliphatic carbocycles. The average molecular weight is 253 g/mol. The first-order valence-electron chi connectivity index (χ1n) is 6.11. The minimum Gasteiger partial charge on any atom is -0.441 e. The zero-order valence-corrected chi connectivity index (χ0v) is 10.6. The number of nitrogens with two attached hydrogens (primary N) is 2. The molecule has 3 rings (SSSR count). The summed E-state index contributed by atoms with van der Waals surface area (Å²) in [5.74, 6) is 0.660. The van der Waals surface area contributed by atoms with Gasteiger partial charge >= 0.3 is 0 Å². The van der Waals surface area contributed by atoms with E-state index < -0.39 is 0 Å². The molecule has 2 aromatic carbocycles. The Morgan fingerprint density at radius 3 is 2.47 bits per heavy atom. The lowest BCUT2D eigenvalue weighted by Crippen LogP contribution is -2.11. The molecule has 19 heavy (non-hydrogen) atoms. The number of rotatable bonds is 2. The lowest BCUT2D eigenvalue weighted by molar-refractivity contribution is 0.560. The van der Waals surface area contributed by atoms with Gasteiger partial charge in [-0.15, -0.1) is 0 Å². The topological polar surface area (TPSA) is 78.1 Å². The molecule has 4 nitrogen and oxygen atoms in total. The number of anilines is 1. The summed E-state index contributed by atoms with van der Waals surface area (Å²) in [6, 6.07) is 13.2. The summed E-state index contributed by atoms with van der Waals surface area (Å²) in [5, 5.41) is 0. The SMILES string of the molecule is Cc1nc2ccc(C(N)c3ccc(N)cc3)cc2o1. The van der Waals surface area contributed by atoms with Crippen LogP contribution in [0, 0.1) is 6.92 Å². The quantitative estimate of drug-likeness (QED) is 0.688. The Bertz CT molecular complexity index is 716. The lowest BCUT2D eigenvalue weighted by Gasteiger charge is -2.12. The third kappa shape index (κ3) is 2.18. The molecule has 96 valence electrons. The van der Waals surface area contributed by atoms with Gasteiger partial charge in [-0.05, 0) is 35.4 Å². The molecule has 0 spiro atoms. The number of oxazole rings is 1. The van der Waals surface area contributed by atoms with Gasteiger partial charge in [0.1, 0.15) is 5.52 Å². The van der Waals surface area contributed by atoms with Crippen LogP contribution in [0.4, 0.5) is 5.69 Å². The van der Waals surface area contributed by atoms with Crippen LogP contribution in [0.25, 0.3) is 11.1 Å². The van der Waals surface area contributed by atoms with Crippen LogP contribution in [0.5, 0.6) is 0 Å². The highest BCUT2D eigenvalue weighted by atomic mass is 16.3. The molecule has 0 bridgehead atoms. The van der Waals surface area contributed by atoms with Crippen LogP contribution in [-0.2, 0) is 0 Å². The maximum absolute atomic E-state index is 6.26. The fourth-order valence-corrected chi connectivity index (χ4v) is 2.15. The largest absolute Gasteiger partial charge is 0.441 e. The van der Waals surface area contributed by atoms with Crippen LogP contribution in [-0.4, -0.2) is 4.98 Å². The molecule has 0 fully saturated rings. The zero-order valence-electron chi connectivity index (χ0n) is 10.6. The molecule has 0 aliphatic rings. The van der Waals surface area contributed by atoms with E-state index in [9.17, 15) is 0 Å². The molecule has 3 aromatic rings. The van der Waals surface area contributed by atoms with Crippen molar-refractivity contribution < 1.29 is 4.42 Å². The Morgan fingerprint density at radius 1 is 1.05 bits per heavy atom. The van der Waals surface area contributed by atoms with Crippen LogP contribution in [0.3, 0.4) is 0 Å². The number of fused-ring (bicyclic) bond motifs is 1. The number of aryl methyl sites for hydroxylation is 1. The number of hydrogen-bond acceptors (Lipinski definition) is 4. The van der Waals surface area contributed by atoms with E-state index in [-0.39, 0.29) is 6.04 Å². The highest BCUT2D eigenvalue weighted by molar-refractivity contribution is 5.73. The highest BCUT2D eigenvalue weighted by Crippen LogP contribution is 2.24. The van der Waals surface area contributed by atoms with Crippen molar-refractivity contribution in [1.29, 1.82) is 0 Å². The van der Waals surface area contributed by atoms with Gasteiger partial charge in [0.15, 0.2) is 11.5 Å². The minimum atomic E-state index is -0.199. The third-order valence-electron chi connectivity index (χ3n) is 3.17. The van der Waals surface area contributed by atoms with Gasteiger partial charge in [-0.3, -0.25) is 0 Å². The molecule has 0 aliphatic heterocycles. The minimum absolute atomic E-state index is 0.199. The maximum Gasteiger partial charge on any atom is 0.192 e. The standard InChI is InChI=1S/C15H15N3O/c1-9-18-13-7-4-11(8-14(13)19-9)15(17)10-2-5-12(16)6-3-10/h2-8,15H,16-17H2,1H3. The molecule has 4 N–H and O–H groups in total. The normalized spacial score (nSPS) is 12.7. The van der Waals surface area contributed by atoms with Crippen LogP contribution < -0.4 is 11.5 Å². The van der Waals surface area contributed by atoms with Crippen LogP contribution in [0.15, 0.2) is 46.9 Å². The van der Waals surface area contributed by atoms with E-state index in [1.807, 2.05) is 49.4 Å². The summed E-state index contributed by atoms with van der Waals surface area (Å²) in [4.78, 5) is 4.27. The summed E-state index contributed by atoms with van der Waals surface area (Å²) < 4.78 is 5.53. The first kappa shape index (κ1) is 11.7. The van der Waals surface area contributed by atoms with Crippen LogP contribution in [0.2, 0.25) is 0 Å². The summed E-state index contributed by atoms with van der Waals surface area (Å²) in [5.41, 5.74) is 16.3. The Labute approximate surface area is 111 Å². The molecule has 0 amide bonds. The van der Waals surface area contributed by atoms with Crippen molar-refractivity contribution in [3.63, 3.8) is 0 Å². The Hall–Kier alpha value is -2.33. The van der Waals surface area contributed by atoms with Gasteiger partial charge in [-0.1, -0.05) is 18.2 Å². The predicted molar refractivity (Wildman–Crippen MR) is 75.6 cm³/mol. The summed E-state index contributed by atoms with van der Waals surface area (Å²) >= 11 is 0. The summed E-state index contributed by atoms with van der Waals surface area (Å²) in [6.45, 7) is 1.83. The van der Waals surface area contributed by atoms with Gasteiger partial charge in [0, 0.05) is 12.6 Å². The number of aromatic nitrogens is 1. The van der Waals surface area contributed by atoms with Gasteiger partial charge in [0.05, 0.1) is 6.04 Å². The van der Waals surface area contributed by atoms with Crippen molar-refractivity contribution in [2.24, 2.45) is 5.73 Å². The van der Waals surface area contributed by atoms with E-state index >= 15 is 0 Å². The highest BCUT2D eigenvalue weighted by Gasteiger charge is 2.11. The third-order valence-corrected chi connectivity index (χ3v) is 3.17. The van der Waals surface area contributed by atoms with E-state index in [0.29, 0.717) is 5.89 Å². The fourth-order valence-electron chi connectivity index (χ4n) is 2.15. The summed E-state index contributed by atoms with van der Waals surface area (Å²) in [6.07, 6.45) is 0. The molecule has 1 unspecified atom stereocenters. The van der Waals surface area contributed by atoms with Gasteiger partial charge in [-0.2, -0.15) is 0 Å². The Kier molecular flexibility index (Phi) is 2.72. The molecular formula is C15H15N3O. The van der Waals surface area contributed by atoms with E-state index in [0.717, 1.165) is 27.9 Å². The molecule has 1 atom stereocenters. The second-order valence-corrected chi connectivity index (χ2v) is 4.60. The Morgan fingerprint density at radius 2 is 1.74 bits per heavy atom. The number of nitrogens with zero attached hydrogens (tertiary/aromatic N) is 1. The van der Waals surface area contributed by atoms with E-state index in [4.69, 9.17) is 15.9 Å². The second kappa shape index (κ2) is 4.40. The molecule has 1 heterocycles. The predicted octanol–water partition coefficient (Wildman–Crippen LogP) is 2.77. The lowest BCUT2D eigenvalue weighted by atomic mass is 9.99. The Balaban J connectivity index is 2.00. The van der Waals surface area contributed by atoms with Crippen molar-refractivity contribution >= 4 is 16.8 Å². The monoisotopic (exact) mass is 253 g/mol. The van der Waals surface area contributed by atoms with Gasteiger partial charge in [0.2, 0.25) is 0 Å². The van der Waals surface area contributed by atoms with Crippen molar-refractivity contribution in [2.45, 2.75) is 13.0 Å². The van der Waals surface area contributed by atoms with E-state index in [1.165, 1.54) is 0 Å². The second-order valence-electron chi connectivity index (χ2n) is 4.60. The molecule has 1 aromatic heterocycles. The average Bonchev–Trinajstić information content (AvgIpc) is 2.77.